The highest BCUT2D eigenvalue weighted by atomic mass is 32.2. The van der Waals surface area contributed by atoms with Gasteiger partial charge in [0.1, 0.15) is 0 Å². The number of rotatable bonds is 3. The maximum Gasteiger partial charge on any atom is 0.0701 e. The summed E-state index contributed by atoms with van der Waals surface area (Å²) in [6.45, 7) is 3.54. The van der Waals surface area contributed by atoms with Gasteiger partial charge in [0.25, 0.3) is 0 Å². The molecule has 0 radical (unpaired) electrons. The van der Waals surface area contributed by atoms with E-state index < -0.39 is 0 Å². The Balaban J connectivity index is 2.12. The van der Waals surface area contributed by atoms with Crippen LogP contribution in [0, 0.1) is 0 Å². The SMILES string of the molecule is C=CCC(O)C1CS1. The maximum atomic E-state index is 9.10. The van der Waals surface area contributed by atoms with Crippen LogP contribution in [0.5, 0.6) is 0 Å². The van der Waals surface area contributed by atoms with Gasteiger partial charge in [0.2, 0.25) is 0 Å². The highest BCUT2D eigenvalue weighted by Gasteiger charge is 2.29. The monoisotopic (exact) mass is 130 g/mol. The van der Waals surface area contributed by atoms with E-state index in [1.807, 2.05) is 11.8 Å². The van der Waals surface area contributed by atoms with Gasteiger partial charge in [-0.05, 0) is 6.42 Å². The molecule has 0 aromatic heterocycles. The summed E-state index contributed by atoms with van der Waals surface area (Å²) in [5.41, 5.74) is 0. The van der Waals surface area contributed by atoms with Gasteiger partial charge in [0.15, 0.2) is 0 Å². The first-order valence-corrected chi connectivity index (χ1v) is 3.80. The van der Waals surface area contributed by atoms with Crippen molar-refractivity contribution >= 4 is 11.8 Å². The fourth-order valence-corrected chi connectivity index (χ4v) is 1.27. The first-order valence-electron chi connectivity index (χ1n) is 2.75. The summed E-state index contributed by atoms with van der Waals surface area (Å²) in [5.74, 6) is 1.13. The minimum atomic E-state index is -0.127. The van der Waals surface area contributed by atoms with E-state index >= 15 is 0 Å². The number of hydrogen-bond donors (Lipinski definition) is 1. The topological polar surface area (TPSA) is 20.2 Å². The molecule has 1 fully saturated rings. The third-order valence-electron chi connectivity index (χ3n) is 1.20. The Labute approximate surface area is 53.8 Å². The third kappa shape index (κ3) is 1.53. The molecule has 0 aliphatic carbocycles. The van der Waals surface area contributed by atoms with E-state index in [0.717, 1.165) is 12.2 Å². The molecule has 46 valence electrons. The average Bonchev–Trinajstić information content (AvgIpc) is 2.45. The molecule has 0 saturated carbocycles. The third-order valence-corrected chi connectivity index (χ3v) is 2.23. The molecule has 8 heavy (non-hydrogen) atoms. The lowest BCUT2D eigenvalue weighted by molar-refractivity contribution is 0.187. The van der Waals surface area contributed by atoms with E-state index in [0.29, 0.717) is 5.25 Å². The van der Waals surface area contributed by atoms with Crippen molar-refractivity contribution in [3.05, 3.63) is 12.7 Å². The molecule has 0 aromatic rings. The van der Waals surface area contributed by atoms with E-state index in [2.05, 4.69) is 6.58 Å². The number of thioether (sulfide) groups is 1. The summed E-state index contributed by atoms with van der Waals surface area (Å²) in [6, 6.07) is 0. The molecular weight excluding hydrogens is 120 g/mol. The Morgan fingerprint density at radius 2 is 2.62 bits per heavy atom. The van der Waals surface area contributed by atoms with Crippen LogP contribution in [0.2, 0.25) is 0 Å². The Morgan fingerprint density at radius 1 is 2.00 bits per heavy atom. The van der Waals surface area contributed by atoms with Gasteiger partial charge in [0, 0.05) is 11.0 Å². The minimum absolute atomic E-state index is 0.127. The van der Waals surface area contributed by atoms with Crippen molar-refractivity contribution in [3.8, 4) is 0 Å². The van der Waals surface area contributed by atoms with Gasteiger partial charge in [-0.1, -0.05) is 6.08 Å². The number of aliphatic hydroxyl groups is 1. The van der Waals surface area contributed by atoms with Crippen LogP contribution in [0.4, 0.5) is 0 Å². The lowest BCUT2D eigenvalue weighted by atomic mass is 10.2. The van der Waals surface area contributed by atoms with Gasteiger partial charge in [-0.15, -0.1) is 6.58 Å². The van der Waals surface area contributed by atoms with Gasteiger partial charge in [-0.25, -0.2) is 0 Å². The Bertz CT molecular complexity index is 88.5. The van der Waals surface area contributed by atoms with Crippen LogP contribution in [-0.2, 0) is 0 Å². The first kappa shape index (κ1) is 6.17. The summed E-state index contributed by atoms with van der Waals surface area (Å²) in [5, 5.41) is 9.62. The molecule has 1 rings (SSSR count). The first-order chi connectivity index (χ1) is 3.84. The second kappa shape index (κ2) is 2.55. The van der Waals surface area contributed by atoms with E-state index in [1.165, 1.54) is 0 Å². The predicted molar refractivity (Wildman–Crippen MR) is 37.1 cm³/mol. The largest absolute Gasteiger partial charge is 0.392 e. The summed E-state index contributed by atoms with van der Waals surface area (Å²) >= 11 is 1.82. The van der Waals surface area contributed by atoms with E-state index in [1.54, 1.807) is 6.08 Å². The smallest absolute Gasteiger partial charge is 0.0701 e. The number of hydrogen-bond acceptors (Lipinski definition) is 2. The van der Waals surface area contributed by atoms with Gasteiger partial charge >= 0.3 is 0 Å². The molecule has 1 aliphatic rings. The van der Waals surface area contributed by atoms with Crippen LogP contribution in [0.15, 0.2) is 12.7 Å². The molecule has 2 atom stereocenters. The summed E-state index contributed by atoms with van der Waals surface area (Å²) in [6.07, 6.45) is 2.39. The average molecular weight is 130 g/mol. The molecule has 2 heteroatoms. The van der Waals surface area contributed by atoms with Gasteiger partial charge in [-0.2, -0.15) is 11.8 Å². The van der Waals surface area contributed by atoms with E-state index in [-0.39, 0.29) is 6.10 Å². The molecule has 1 nitrogen and oxygen atoms in total. The zero-order valence-corrected chi connectivity index (χ0v) is 5.53. The second-order valence-electron chi connectivity index (χ2n) is 1.96. The van der Waals surface area contributed by atoms with Crippen LogP contribution in [-0.4, -0.2) is 22.2 Å². The standard InChI is InChI=1S/C6H10OS/c1-2-3-5(7)6-4-8-6/h2,5-7H,1,3-4H2. The van der Waals surface area contributed by atoms with Crippen LogP contribution in [0.1, 0.15) is 6.42 Å². The van der Waals surface area contributed by atoms with Crippen molar-refractivity contribution in [3.63, 3.8) is 0 Å². The summed E-state index contributed by atoms with van der Waals surface area (Å²) in [4.78, 5) is 0. The molecule has 1 saturated heterocycles. The maximum absolute atomic E-state index is 9.10. The van der Waals surface area contributed by atoms with Crippen LogP contribution in [0.3, 0.4) is 0 Å². The number of aliphatic hydroxyl groups excluding tert-OH is 1. The normalized spacial score (nSPS) is 29.4. The van der Waals surface area contributed by atoms with Crippen molar-refractivity contribution in [1.82, 2.24) is 0 Å². The molecular formula is C6H10OS. The van der Waals surface area contributed by atoms with Crippen molar-refractivity contribution < 1.29 is 5.11 Å². The Kier molecular flexibility index (Phi) is 1.97. The molecule has 2 unspecified atom stereocenters. The molecule has 0 amide bonds. The van der Waals surface area contributed by atoms with Crippen LogP contribution < -0.4 is 0 Å². The molecule has 1 N–H and O–H groups in total. The molecule has 1 aliphatic heterocycles. The Hall–Kier alpha value is 0.0500. The second-order valence-corrected chi connectivity index (χ2v) is 3.24. The lowest BCUT2D eigenvalue weighted by Gasteiger charge is -2.00. The molecule has 1 heterocycles. The highest BCUT2D eigenvalue weighted by molar-refractivity contribution is 8.06. The van der Waals surface area contributed by atoms with Crippen LogP contribution >= 0.6 is 11.8 Å². The fraction of sp³-hybridized carbons (Fsp3) is 0.667. The predicted octanol–water partition coefficient (Wildman–Crippen LogP) is 1.04. The minimum Gasteiger partial charge on any atom is -0.392 e. The zero-order chi connectivity index (χ0) is 5.98. The highest BCUT2D eigenvalue weighted by Crippen LogP contribution is 2.34. The quantitative estimate of drug-likeness (QED) is 0.455. The van der Waals surface area contributed by atoms with Gasteiger partial charge < -0.3 is 5.11 Å². The molecule has 0 aromatic carbocycles. The molecule has 0 bridgehead atoms. The van der Waals surface area contributed by atoms with E-state index in [9.17, 15) is 0 Å². The van der Waals surface area contributed by atoms with Crippen LogP contribution in [0.25, 0.3) is 0 Å². The van der Waals surface area contributed by atoms with Crippen molar-refractivity contribution in [1.29, 1.82) is 0 Å². The van der Waals surface area contributed by atoms with Crippen molar-refractivity contribution in [2.75, 3.05) is 5.75 Å². The lowest BCUT2D eigenvalue weighted by Crippen LogP contribution is -2.11. The van der Waals surface area contributed by atoms with E-state index in [4.69, 9.17) is 5.11 Å². The Morgan fingerprint density at radius 3 is 3.00 bits per heavy atom. The summed E-state index contributed by atoms with van der Waals surface area (Å²) < 4.78 is 0. The van der Waals surface area contributed by atoms with Gasteiger partial charge in [0.05, 0.1) is 6.10 Å². The van der Waals surface area contributed by atoms with Crippen molar-refractivity contribution in [2.45, 2.75) is 17.8 Å². The van der Waals surface area contributed by atoms with Gasteiger partial charge in [-0.3, -0.25) is 0 Å². The molecule has 0 spiro atoms. The fourth-order valence-electron chi connectivity index (χ4n) is 0.600. The van der Waals surface area contributed by atoms with Crippen molar-refractivity contribution in [2.24, 2.45) is 0 Å². The summed E-state index contributed by atoms with van der Waals surface area (Å²) in [7, 11) is 0. The zero-order valence-electron chi connectivity index (χ0n) is 4.71.